The molecule has 1 saturated carbocycles. The summed E-state index contributed by atoms with van der Waals surface area (Å²) in [5.41, 5.74) is 1.06. The highest BCUT2D eigenvalue weighted by atomic mass is 35.5. The van der Waals surface area contributed by atoms with Gasteiger partial charge in [0, 0.05) is 6.61 Å². The van der Waals surface area contributed by atoms with Crippen LogP contribution in [0.1, 0.15) is 37.7 Å². The standard InChI is InChI=1S/C15H21ClO3/c1-18-14-10-11(5-4-8-17)9-13(16)15(14)19-12-6-2-3-7-12/h9-10,12,17H,2-8H2,1H3. The van der Waals surface area contributed by atoms with Gasteiger partial charge in [-0.1, -0.05) is 11.6 Å². The summed E-state index contributed by atoms with van der Waals surface area (Å²) in [6, 6.07) is 3.86. The zero-order valence-corrected chi connectivity index (χ0v) is 12.1. The van der Waals surface area contributed by atoms with Gasteiger partial charge >= 0.3 is 0 Å². The molecule has 106 valence electrons. The molecule has 19 heavy (non-hydrogen) atoms. The second kappa shape index (κ2) is 7.01. The first-order chi connectivity index (χ1) is 9.24. The van der Waals surface area contributed by atoms with Crippen molar-refractivity contribution in [2.75, 3.05) is 13.7 Å². The molecule has 1 fully saturated rings. The van der Waals surface area contributed by atoms with Crippen LogP contribution in [-0.2, 0) is 6.42 Å². The van der Waals surface area contributed by atoms with Gasteiger partial charge in [0.2, 0.25) is 0 Å². The molecule has 0 unspecified atom stereocenters. The Kier molecular flexibility index (Phi) is 5.34. The van der Waals surface area contributed by atoms with E-state index < -0.39 is 0 Å². The van der Waals surface area contributed by atoms with Crippen LogP contribution in [0.25, 0.3) is 0 Å². The normalized spacial score (nSPS) is 15.7. The molecular formula is C15H21ClO3. The maximum Gasteiger partial charge on any atom is 0.180 e. The van der Waals surface area contributed by atoms with Crippen molar-refractivity contribution in [3.8, 4) is 11.5 Å². The Morgan fingerprint density at radius 2 is 2.05 bits per heavy atom. The van der Waals surface area contributed by atoms with Crippen LogP contribution in [0, 0.1) is 0 Å². The van der Waals surface area contributed by atoms with Crippen molar-refractivity contribution in [3.63, 3.8) is 0 Å². The number of aliphatic hydroxyl groups is 1. The number of benzene rings is 1. The molecule has 0 spiro atoms. The minimum Gasteiger partial charge on any atom is -0.493 e. The van der Waals surface area contributed by atoms with Crippen LogP contribution in [0.3, 0.4) is 0 Å². The number of methoxy groups -OCH3 is 1. The predicted molar refractivity (Wildman–Crippen MR) is 76.3 cm³/mol. The highest BCUT2D eigenvalue weighted by Gasteiger charge is 2.20. The summed E-state index contributed by atoms with van der Waals surface area (Å²) in [6.45, 7) is 0.181. The van der Waals surface area contributed by atoms with Gasteiger partial charge < -0.3 is 14.6 Å². The van der Waals surface area contributed by atoms with Gasteiger partial charge in [0.15, 0.2) is 11.5 Å². The van der Waals surface area contributed by atoms with Gasteiger partial charge in [0.1, 0.15) is 0 Å². The Morgan fingerprint density at radius 3 is 2.68 bits per heavy atom. The van der Waals surface area contributed by atoms with E-state index in [0.29, 0.717) is 16.5 Å². The first-order valence-corrected chi connectivity index (χ1v) is 7.26. The summed E-state index contributed by atoms with van der Waals surface area (Å²) in [5.74, 6) is 1.34. The SMILES string of the molecule is COc1cc(CCCO)cc(Cl)c1OC1CCCC1. The molecule has 0 aromatic heterocycles. The van der Waals surface area contributed by atoms with Crippen molar-refractivity contribution in [1.29, 1.82) is 0 Å². The lowest BCUT2D eigenvalue weighted by Crippen LogP contribution is -2.12. The molecule has 2 rings (SSSR count). The van der Waals surface area contributed by atoms with E-state index in [9.17, 15) is 0 Å². The minimum atomic E-state index is 0.181. The molecule has 0 atom stereocenters. The van der Waals surface area contributed by atoms with E-state index in [1.165, 1.54) is 12.8 Å². The Hall–Kier alpha value is -0.930. The molecule has 1 aliphatic carbocycles. The summed E-state index contributed by atoms with van der Waals surface area (Å²) >= 11 is 6.30. The van der Waals surface area contributed by atoms with Gasteiger partial charge in [-0.15, -0.1) is 0 Å². The Labute approximate surface area is 119 Å². The summed E-state index contributed by atoms with van der Waals surface area (Å²) in [4.78, 5) is 0. The topological polar surface area (TPSA) is 38.7 Å². The van der Waals surface area contributed by atoms with Crippen molar-refractivity contribution in [1.82, 2.24) is 0 Å². The van der Waals surface area contributed by atoms with Crippen LogP contribution < -0.4 is 9.47 Å². The molecular weight excluding hydrogens is 264 g/mol. The zero-order valence-electron chi connectivity index (χ0n) is 11.3. The largest absolute Gasteiger partial charge is 0.493 e. The van der Waals surface area contributed by atoms with Crippen molar-refractivity contribution in [3.05, 3.63) is 22.7 Å². The fourth-order valence-corrected chi connectivity index (χ4v) is 2.77. The lowest BCUT2D eigenvalue weighted by Gasteiger charge is -2.18. The third-order valence-electron chi connectivity index (χ3n) is 3.50. The monoisotopic (exact) mass is 284 g/mol. The molecule has 0 heterocycles. The molecule has 0 amide bonds. The number of halogens is 1. The molecule has 1 aromatic carbocycles. The zero-order chi connectivity index (χ0) is 13.7. The van der Waals surface area contributed by atoms with Crippen molar-refractivity contribution < 1.29 is 14.6 Å². The number of rotatable bonds is 6. The number of aryl methyl sites for hydroxylation is 1. The van der Waals surface area contributed by atoms with Gasteiger partial charge in [0.25, 0.3) is 0 Å². The maximum atomic E-state index is 8.88. The molecule has 1 N–H and O–H groups in total. The van der Waals surface area contributed by atoms with Crippen LogP contribution in [0.5, 0.6) is 11.5 Å². The maximum absolute atomic E-state index is 8.88. The van der Waals surface area contributed by atoms with Gasteiger partial charge in [-0.25, -0.2) is 0 Å². The highest BCUT2D eigenvalue weighted by Crippen LogP contribution is 2.39. The summed E-state index contributed by atoms with van der Waals surface area (Å²) in [6.07, 6.45) is 6.39. The van der Waals surface area contributed by atoms with E-state index in [1.54, 1.807) is 7.11 Å². The van der Waals surface area contributed by atoms with Crippen molar-refractivity contribution in [2.24, 2.45) is 0 Å². The molecule has 0 saturated heterocycles. The quantitative estimate of drug-likeness (QED) is 0.867. The molecule has 0 aliphatic heterocycles. The Bertz CT molecular complexity index is 414. The summed E-state index contributed by atoms with van der Waals surface area (Å²) in [7, 11) is 1.63. The first kappa shape index (κ1) is 14.5. The molecule has 4 heteroatoms. The number of hydrogen-bond acceptors (Lipinski definition) is 3. The van der Waals surface area contributed by atoms with Gasteiger partial charge in [0.05, 0.1) is 18.2 Å². The molecule has 0 bridgehead atoms. The number of hydrogen-bond donors (Lipinski definition) is 1. The molecule has 0 radical (unpaired) electrons. The lowest BCUT2D eigenvalue weighted by atomic mass is 10.1. The van der Waals surface area contributed by atoms with E-state index in [2.05, 4.69) is 0 Å². The van der Waals surface area contributed by atoms with E-state index in [1.807, 2.05) is 12.1 Å². The third-order valence-corrected chi connectivity index (χ3v) is 3.78. The molecule has 1 aromatic rings. The van der Waals surface area contributed by atoms with Crippen LogP contribution in [0.4, 0.5) is 0 Å². The average Bonchev–Trinajstić information content (AvgIpc) is 2.91. The van der Waals surface area contributed by atoms with Crippen LogP contribution in [0.2, 0.25) is 5.02 Å². The smallest absolute Gasteiger partial charge is 0.180 e. The summed E-state index contributed by atoms with van der Waals surface area (Å²) < 4.78 is 11.4. The Balaban J connectivity index is 2.16. The van der Waals surface area contributed by atoms with E-state index in [0.717, 1.165) is 31.2 Å². The minimum absolute atomic E-state index is 0.181. The third kappa shape index (κ3) is 3.77. The van der Waals surface area contributed by atoms with Gasteiger partial charge in [-0.05, 0) is 56.2 Å². The highest BCUT2D eigenvalue weighted by molar-refractivity contribution is 6.32. The summed E-state index contributed by atoms with van der Waals surface area (Å²) in [5, 5.41) is 9.48. The first-order valence-electron chi connectivity index (χ1n) is 6.88. The molecule has 3 nitrogen and oxygen atoms in total. The van der Waals surface area contributed by atoms with Gasteiger partial charge in [-0.3, -0.25) is 0 Å². The fraction of sp³-hybridized carbons (Fsp3) is 0.600. The molecule has 1 aliphatic rings. The number of ether oxygens (including phenoxy) is 2. The predicted octanol–water partition coefficient (Wildman–Crippen LogP) is 3.59. The Morgan fingerprint density at radius 1 is 1.32 bits per heavy atom. The number of aliphatic hydroxyl groups excluding tert-OH is 1. The van der Waals surface area contributed by atoms with Crippen LogP contribution in [0.15, 0.2) is 12.1 Å². The second-order valence-electron chi connectivity index (χ2n) is 4.96. The second-order valence-corrected chi connectivity index (χ2v) is 5.37. The van der Waals surface area contributed by atoms with Crippen LogP contribution in [-0.4, -0.2) is 24.9 Å². The fourth-order valence-electron chi connectivity index (χ4n) is 2.49. The van der Waals surface area contributed by atoms with E-state index >= 15 is 0 Å². The van der Waals surface area contributed by atoms with E-state index in [4.69, 9.17) is 26.2 Å². The van der Waals surface area contributed by atoms with E-state index in [-0.39, 0.29) is 12.7 Å². The van der Waals surface area contributed by atoms with Crippen molar-refractivity contribution >= 4 is 11.6 Å². The lowest BCUT2D eigenvalue weighted by molar-refractivity contribution is 0.201. The van der Waals surface area contributed by atoms with Crippen LogP contribution >= 0.6 is 11.6 Å². The van der Waals surface area contributed by atoms with Crippen molar-refractivity contribution in [2.45, 2.75) is 44.6 Å². The average molecular weight is 285 g/mol. The van der Waals surface area contributed by atoms with Gasteiger partial charge in [-0.2, -0.15) is 0 Å².